The number of carbonyl (C=O) groups excluding carboxylic acids is 1. The fourth-order valence-electron chi connectivity index (χ4n) is 4.38. The Morgan fingerprint density at radius 3 is 2.22 bits per heavy atom. The van der Waals surface area contributed by atoms with Gasteiger partial charge in [-0.25, -0.2) is 12.8 Å². The first-order chi connectivity index (χ1) is 15.4. The van der Waals surface area contributed by atoms with Crippen LogP contribution >= 0.6 is 0 Å². The minimum Gasteiger partial charge on any atom is -0.370 e. The van der Waals surface area contributed by atoms with Gasteiger partial charge in [-0.3, -0.25) is 4.79 Å². The molecule has 2 aliphatic rings. The van der Waals surface area contributed by atoms with E-state index in [9.17, 15) is 17.6 Å². The average Bonchev–Trinajstić information content (AvgIpc) is 2.82. The summed E-state index contributed by atoms with van der Waals surface area (Å²) in [5, 5.41) is 2.68. The molecule has 2 heterocycles. The van der Waals surface area contributed by atoms with Crippen molar-refractivity contribution in [1.29, 1.82) is 0 Å². The van der Waals surface area contributed by atoms with Gasteiger partial charge in [0, 0.05) is 37.4 Å². The lowest BCUT2D eigenvalue weighted by atomic mass is 10.1. The molecular weight excluding hydrogens is 429 g/mol. The summed E-state index contributed by atoms with van der Waals surface area (Å²) in [6.07, 6.45) is 5.89. The van der Waals surface area contributed by atoms with E-state index in [0.29, 0.717) is 30.0 Å². The number of aryl methyl sites for hydroxylation is 1. The number of rotatable bonds is 5. The van der Waals surface area contributed by atoms with Crippen molar-refractivity contribution < 1.29 is 17.6 Å². The average molecular weight is 460 g/mol. The van der Waals surface area contributed by atoms with Gasteiger partial charge in [-0.2, -0.15) is 4.31 Å². The molecule has 0 bridgehead atoms. The first kappa shape index (κ1) is 22.7. The Morgan fingerprint density at radius 2 is 1.56 bits per heavy atom. The zero-order chi connectivity index (χ0) is 22.7. The van der Waals surface area contributed by atoms with Crippen molar-refractivity contribution in [1.82, 2.24) is 4.31 Å². The first-order valence-corrected chi connectivity index (χ1v) is 12.8. The third-order valence-corrected chi connectivity index (χ3v) is 8.21. The second kappa shape index (κ2) is 9.58. The van der Waals surface area contributed by atoms with Gasteiger partial charge in [0.25, 0.3) is 5.91 Å². The number of piperidine rings is 2. The molecule has 1 N–H and O–H groups in total. The van der Waals surface area contributed by atoms with Crippen molar-refractivity contribution in [3.05, 3.63) is 53.3 Å². The number of sulfonamides is 1. The quantitative estimate of drug-likeness (QED) is 0.712. The highest BCUT2D eigenvalue weighted by Crippen LogP contribution is 2.32. The van der Waals surface area contributed by atoms with E-state index in [1.54, 1.807) is 31.2 Å². The van der Waals surface area contributed by atoms with Crippen molar-refractivity contribution >= 4 is 27.3 Å². The zero-order valence-electron chi connectivity index (χ0n) is 18.4. The minimum absolute atomic E-state index is 0.184. The van der Waals surface area contributed by atoms with Crippen LogP contribution in [0.15, 0.2) is 41.3 Å². The van der Waals surface area contributed by atoms with Crippen molar-refractivity contribution in [2.45, 2.75) is 50.3 Å². The summed E-state index contributed by atoms with van der Waals surface area (Å²) >= 11 is 0. The summed E-state index contributed by atoms with van der Waals surface area (Å²) in [6.45, 7) is 4.26. The molecule has 0 aromatic heterocycles. The van der Waals surface area contributed by atoms with Crippen LogP contribution in [0.3, 0.4) is 0 Å². The lowest BCUT2D eigenvalue weighted by Gasteiger charge is -2.33. The number of nitrogens with zero attached hydrogens (tertiary/aromatic N) is 2. The van der Waals surface area contributed by atoms with Crippen molar-refractivity contribution in [3.63, 3.8) is 0 Å². The van der Waals surface area contributed by atoms with Crippen molar-refractivity contribution in [3.8, 4) is 0 Å². The Balaban J connectivity index is 1.69. The molecular formula is C24H30FN3O3S. The molecule has 2 fully saturated rings. The van der Waals surface area contributed by atoms with E-state index in [1.165, 1.54) is 16.4 Å². The van der Waals surface area contributed by atoms with E-state index in [2.05, 4.69) is 10.2 Å². The second-order valence-electron chi connectivity index (χ2n) is 8.61. The number of halogens is 1. The molecule has 32 heavy (non-hydrogen) atoms. The number of anilines is 2. The van der Waals surface area contributed by atoms with Crippen LogP contribution in [0.25, 0.3) is 0 Å². The Morgan fingerprint density at radius 1 is 0.906 bits per heavy atom. The number of carbonyl (C=O) groups is 1. The molecule has 2 saturated heterocycles. The van der Waals surface area contributed by atoms with Crippen molar-refractivity contribution in [2.24, 2.45) is 0 Å². The Kier molecular flexibility index (Phi) is 6.81. The summed E-state index contributed by atoms with van der Waals surface area (Å²) < 4.78 is 42.6. The van der Waals surface area contributed by atoms with Crippen LogP contribution in [-0.2, 0) is 10.0 Å². The SMILES string of the molecule is Cc1ccc(NC(=O)c2ccc(N3CCCCC3)c(S(=O)(=O)N3CCCCC3)c2)cc1F. The molecule has 2 aliphatic heterocycles. The summed E-state index contributed by atoms with van der Waals surface area (Å²) in [4.78, 5) is 15.2. The Bertz CT molecular complexity index is 1090. The number of benzene rings is 2. The lowest BCUT2D eigenvalue weighted by molar-refractivity contribution is 0.102. The molecule has 0 aliphatic carbocycles. The van der Waals surface area contributed by atoms with Gasteiger partial charge in [-0.05, 0) is 74.9 Å². The molecule has 0 saturated carbocycles. The highest BCUT2D eigenvalue weighted by molar-refractivity contribution is 7.89. The Labute approximate surface area is 189 Å². The van der Waals surface area contributed by atoms with Crippen LogP contribution in [-0.4, -0.2) is 44.8 Å². The summed E-state index contributed by atoms with van der Waals surface area (Å²) in [5.74, 6) is -0.870. The van der Waals surface area contributed by atoms with Gasteiger partial charge in [0.2, 0.25) is 10.0 Å². The number of hydrogen-bond donors (Lipinski definition) is 1. The van der Waals surface area contributed by atoms with Gasteiger partial charge in [0.15, 0.2) is 0 Å². The molecule has 0 unspecified atom stereocenters. The minimum atomic E-state index is -3.73. The zero-order valence-corrected chi connectivity index (χ0v) is 19.3. The topological polar surface area (TPSA) is 69.7 Å². The third-order valence-electron chi connectivity index (χ3n) is 6.28. The van der Waals surface area contributed by atoms with Gasteiger partial charge in [0.05, 0.1) is 5.69 Å². The fraction of sp³-hybridized carbons (Fsp3) is 0.458. The van der Waals surface area contributed by atoms with Gasteiger partial charge in [-0.15, -0.1) is 0 Å². The van der Waals surface area contributed by atoms with Crippen LogP contribution in [0.4, 0.5) is 15.8 Å². The predicted molar refractivity (Wildman–Crippen MR) is 124 cm³/mol. The number of hydrogen-bond acceptors (Lipinski definition) is 4. The second-order valence-corrected chi connectivity index (χ2v) is 10.5. The standard InChI is InChI=1S/C24H30FN3O3S/c1-18-8-10-20(17-21(18)25)26-24(29)19-9-11-22(27-12-4-2-5-13-27)23(16-19)32(30,31)28-14-6-3-7-15-28/h8-11,16-17H,2-7,12-15H2,1H3,(H,26,29). The van der Waals surface area contributed by atoms with Gasteiger partial charge < -0.3 is 10.2 Å². The van der Waals surface area contributed by atoms with Crippen LogP contribution in [0.5, 0.6) is 0 Å². The third kappa shape index (κ3) is 4.81. The lowest BCUT2D eigenvalue weighted by Crippen LogP contribution is -2.37. The summed E-state index contributed by atoms with van der Waals surface area (Å²) in [5.41, 5.74) is 1.72. The van der Waals surface area contributed by atoms with Crippen LogP contribution < -0.4 is 10.2 Å². The smallest absolute Gasteiger partial charge is 0.255 e. The predicted octanol–water partition coefficient (Wildman–Crippen LogP) is 4.55. The van der Waals surface area contributed by atoms with Gasteiger partial charge >= 0.3 is 0 Å². The van der Waals surface area contributed by atoms with Gasteiger partial charge in [-0.1, -0.05) is 12.5 Å². The monoisotopic (exact) mass is 459 g/mol. The molecule has 8 heteroatoms. The molecule has 2 aromatic carbocycles. The fourth-order valence-corrected chi connectivity index (χ4v) is 6.13. The molecule has 2 aromatic rings. The van der Waals surface area contributed by atoms with E-state index < -0.39 is 21.7 Å². The van der Waals surface area contributed by atoms with Crippen LogP contribution in [0.2, 0.25) is 0 Å². The van der Waals surface area contributed by atoms with E-state index >= 15 is 0 Å². The summed E-state index contributed by atoms with van der Waals surface area (Å²) in [6, 6.07) is 9.36. The van der Waals surface area contributed by atoms with Crippen LogP contribution in [0, 0.1) is 12.7 Å². The van der Waals surface area contributed by atoms with E-state index in [-0.39, 0.29) is 10.5 Å². The van der Waals surface area contributed by atoms with Crippen LogP contribution in [0.1, 0.15) is 54.4 Å². The van der Waals surface area contributed by atoms with Gasteiger partial charge in [0.1, 0.15) is 10.7 Å². The highest BCUT2D eigenvalue weighted by Gasteiger charge is 2.31. The molecule has 0 atom stereocenters. The first-order valence-electron chi connectivity index (χ1n) is 11.3. The maximum Gasteiger partial charge on any atom is 0.255 e. The van der Waals surface area contributed by atoms with E-state index in [1.807, 2.05) is 0 Å². The molecule has 0 radical (unpaired) electrons. The van der Waals surface area contributed by atoms with E-state index in [0.717, 1.165) is 51.6 Å². The maximum absolute atomic E-state index is 13.9. The Hall–Kier alpha value is -2.45. The van der Waals surface area contributed by atoms with Crippen molar-refractivity contribution in [2.75, 3.05) is 36.4 Å². The molecule has 172 valence electrons. The number of amides is 1. The summed E-state index contributed by atoms with van der Waals surface area (Å²) in [7, 11) is -3.73. The molecule has 1 amide bonds. The molecule has 6 nitrogen and oxygen atoms in total. The highest BCUT2D eigenvalue weighted by atomic mass is 32.2. The maximum atomic E-state index is 13.9. The normalized spacial score (nSPS) is 17.9. The molecule has 4 rings (SSSR count). The molecule has 0 spiro atoms. The number of nitrogens with one attached hydrogen (secondary N) is 1. The largest absolute Gasteiger partial charge is 0.370 e. The van der Waals surface area contributed by atoms with E-state index in [4.69, 9.17) is 0 Å².